The molecule has 1 heterocycles. The van der Waals surface area contributed by atoms with E-state index in [4.69, 9.17) is 9.47 Å². The van der Waals surface area contributed by atoms with E-state index in [2.05, 4.69) is 20.6 Å². The third-order valence-corrected chi connectivity index (χ3v) is 5.28. The molecule has 0 atom stereocenters. The Kier molecular flexibility index (Phi) is 5.46. The van der Waals surface area contributed by atoms with Crippen LogP contribution in [0.2, 0.25) is 0 Å². The molecule has 0 aliphatic heterocycles. The minimum atomic E-state index is 0.117. The molecule has 1 aliphatic carbocycles. The van der Waals surface area contributed by atoms with Gasteiger partial charge in [0, 0.05) is 28.7 Å². The van der Waals surface area contributed by atoms with Gasteiger partial charge in [-0.1, -0.05) is 12.8 Å². The third kappa shape index (κ3) is 4.08. The van der Waals surface area contributed by atoms with Crippen LogP contribution >= 0.6 is 0 Å². The van der Waals surface area contributed by atoms with Crippen LogP contribution in [-0.2, 0) is 4.79 Å². The topological polar surface area (TPSA) is 85.4 Å². The van der Waals surface area contributed by atoms with Crippen molar-refractivity contribution in [2.75, 3.05) is 24.9 Å². The van der Waals surface area contributed by atoms with Crippen LogP contribution in [0.3, 0.4) is 0 Å². The van der Waals surface area contributed by atoms with Gasteiger partial charge in [-0.05, 0) is 43.2 Å². The van der Waals surface area contributed by atoms with Crippen LogP contribution in [0.15, 0.2) is 42.7 Å². The second-order valence-electron chi connectivity index (χ2n) is 7.12. The molecule has 0 saturated heterocycles. The van der Waals surface area contributed by atoms with E-state index in [1.807, 2.05) is 36.4 Å². The average Bonchev–Trinajstić information content (AvgIpc) is 3.29. The molecule has 1 aromatic heterocycles. The maximum Gasteiger partial charge on any atom is 0.227 e. The fourth-order valence-electron chi connectivity index (χ4n) is 3.69. The average molecular weight is 392 g/mol. The van der Waals surface area contributed by atoms with Crippen LogP contribution in [0.4, 0.5) is 17.2 Å². The molecule has 2 aromatic carbocycles. The molecule has 0 bridgehead atoms. The van der Waals surface area contributed by atoms with Gasteiger partial charge in [0.05, 0.1) is 19.7 Å². The maximum absolute atomic E-state index is 12.3. The molecule has 7 nitrogen and oxygen atoms in total. The summed E-state index contributed by atoms with van der Waals surface area (Å²) >= 11 is 0. The molecule has 0 spiro atoms. The van der Waals surface area contributed by atoms with E-state index in [-0.39, 0.29) is 11.8 Å². The molecule has 1 amide bonds. The number of hydrogen-bond acceptors (Lipinski definition) is 6. The highest BCUT2D eigenvalue weighted by Crippen LogP contribution is 2.34. The van der Waals surface area contributed by atoms with Gasteiger partial charge in [0.25, 0.3) is 0 Å². The summed E-state index contributed by atoms with van der Waals surface area (Å²) in [4.78, 5) is 21.0. The summed E-state index contributed by atoms with van der Waals surface area (Å²) in [6, 6.07) is 11.3. The minimum absolute atomic E-state index is 0.117. The predicted octanol–water partition coefficient (Wildman–Crippen LogP) is 4.52. The lowest BCUT2D eigenvalue weighted by atomic mass is 10.1. The van der Waals surface area contributed by atoms with Crippen molar-refractivity contribution in [1.82, 2.24) is 9.97 Å². The SMILES string of the molecule is COc1cc2ncnc(Nc3ccc(NC(=O)C4CCCC4)cc3)c2cc1OC. The molecule has 3 aromatic rings. The molecule has 0 unspecified atom stereocenters. The van der Waals surface area contributed by atoms with Crippen LogP contribution in [-0.4, -0.2) is 30.1 Å². The highest BCUT2D eigenvalue weighted by Gasteiger charge is 2.22. The molecule has 4 rings (SSSR count). The van der Waals surface area contributed by atoms with E-state index in [0.717, 1.165) is 48.0 Å². The molecule has 150 valence electrons. The van der Waals surface area contributed by atoms with E-state index in [1.165, 1.54) is 6.33 Å². The van der Waals surface area contributed by atoms with Crippen LogP contribution in [0.1, 0.15) is 25.7 Å². The van der Waals surface area contributed by atoms with E-state index < -0.39 is 0 Å². The van der Waals surface area contributed by atoms with Crippen LogP contribution in [0, 0.1) is 5.92 Å². The molecule has 0 radical (unpaired) electrons. The standard InChI is InChI=1S/C22H24N4O3/c1-28-19-11-17-18(12-20(19)29-2)23-13-24-21(17)25-15-7-9-16(10-8-15)26-22(27)14-5-3-4-6-14/h7-14H,3-6H2,1-2H3,(H,26,27)(H,23,24,25). The second kappa shape index (κ2) is 8.34. The summed E-state index contributed by atoms with van der Waals surface area (Å²) in [5.74, 6) is 2.16. The normalized spacial score (nSPS) is 14.0. The van der Waals surface area contributed by atoms with Gasteiger partial charge in [-0.15, -0.1) is 0 Å². The van der Waals surface area contributed by atoms with Gasteiger partial charge < -0.3 is 20.1 Å². The zero-order chi connectivity index (χ0) is 20.2. The zero-order valence-corrected chi connectivity index (χ0v) is 16.6. The van der Waals surface area contributed by atoms with Crippen LogP contribution < -0.4 is 20.1 Å². The largest absolute Gasteiger partial charge is 0.493 e. The summed E-state index contributed by atoms with van der Waals surface area (Å²) in [7, 11) is 3.19. The number of benzene rings is 2. The quantitative estimate of drug-likeness (QED) is 0.642. The number of amides is 1. The minimum Gasteiger partial charge on any atom is -0.493 e. The predicted molar refractivity (Wildman–Crippen MR) is 113 cm³/mol. The Bertz CT molecular complexity index is 1010. The van der Waals surface area contributed by atoms with E-state index >= 15 is 0 Å². The Balaban J connectivity index is 1.53. The summed E-state index contributed by atoms with van der Waals surface area (Å²) in [6.45, 7) is 0. The number of carbonyl (C=O) groups is 1. The number of ether oxygens (including phenoxy) is 2. The van der Waals surface area contributed by atoms with Crippen molar-refractivity contribution in [1.29, 1.82) is 0 Å². The molecule has 29 heavy (non-hydrogen) atoms. The highest BCUT2D eigenvalue weighted by atomic mass is 16.5. The van der Waals surface area contributed by atoms with Gasteiger partial charge in [-0.2, -0.15) is 0 Å². The maximum atomic E-state index is 12.3. The fourth-order valence-corrected chi connectivity index (χ4v) is 3.69. The van der Waals surface area contributed by atoms with Crippen molar-refractivity contribution >= 4 is 34.0 Å². The first-order chi connectivity index (χ1) is 14.2. The van der Waals surface area contributed by atoms with Gasteiger partial charge in [0.1, 0.15) is 12.1 Å². The van der Waals surface area contributed by atoms with Crippen LogP contribution in [0.5, 0.6) is 11.5 Å². The Hall–Kier alpha value is -3.35. The summed E-state index contributed by atoms with van der Waals surface area (Å²) in [6.07, 6.45) is 5.77. The highest BCUT2D eigenvalue weighted by molar-refractivity contribution is 5.94. The number of anilines is 3. The molecule has 2 N–H and O–H groups in total. The smallest absolute Gasteiger partial charge is 0.227 e. The number of hydrogen-bond donors (Lipinski definition) is 2. The van der Waals surface area contributed by atoms with E-state index in [0.29, 0.717) is 17.3 Å². The summed E-state index contributed by atoms with van der Waals surface area (Å²) in [5, 5.41) is 7.14. The second-order valence-corrected chi connectivity index (χ2v) is 7.12. The number of rotatable bonds is 6. The number of nitrogens with zero attached hydrogens (tertiary/aromatic N) is 2. The number of aromatic nitrogens is 2. The van der Waals surface area contributed by atoms with Crippen molar-refractivity contribution in [3.63, 3.8) is 0 Å². The summed E-state index contributed by atoms with van der Waals surface area (Å²) < 4.78 is 10.7. The Morgan fingerprint density at radius 2 is 1.62 bits per heavy atom. The van der Waals surface area contributed by atoms with Crippen molar-refractivity contribution in [3.05, 3.63) is 42.7 Å². The van der Waals surface area contributed by atoms with Crippen molar-refractivity contribution in [2.45, 2.75) is 25.7 Å². The fraction of sp³-hybridized carbons (Fsp3) is 0.318. The molecule has 1 saturated carbocycles. The first kappa shape index (κ1) is 19.0. The van der Waals surface area contributed by atoms with Crippen molar-refractivity contribution in [2.24, 2.45) is 5.92 Å². The molecule has 1 aliphatic rings. The molecular formula is C22H24N4O3. The zero-order valence-electron chi connectivity index (χ0n) is 16.6. The van der Waals surface area contributed by atoms with Crippen molar-refractivity contribution < 1.29 is 14.3 Å². The van der Waals surface area contributed by atoms with Gasteiger partial charge in [-0.25, -0.2) is 9.97 Å². The van der Waals surface area contributed by atoms with Crippen molar-refractivity contribution in [3.8, 4) is 11.5 Å². The van der Waals surface area contributed by atoms with Gasteiger partial charge in [-0.3, -0.25) is 4.79 Å². The lowest BCUT2D eigenvalue weighted by Crippen LogP contribution is -2.20. The lowest BCUT2D eigenvalue weighted by molar-refractivity contribution is -0.119. The first-order valence-electron chi connectivity index (χ1n) is 9.72. The van der Waals surface area contributed by atoms with E-state index in [9.17, 15) is 4.79 Å². The molecular weight excluding hydrogens is 368 g/mol. The molecule has 1 fully saturated rings. The Morgan fingerprint density at radius 1 is 0.966 bits per heavy atom. The number of nitrogens with one attached hydrogen (secondary N) is 2. The summed E-state index contributed by atoms with van der Waals surface area (Å²) in [5.41, 5.74) is 2.41. The van der Waals surface area contributed by atoms with Gasteiger partial charge >= 0.3 is 0 Å². The Labute approximate surface area is 169 Å². The monoisotopic (exact) mass is 392 g/mol. The number of fused-ring (bicyclic) bond motifs is 1. The van der Waals surface area contributed by atoms with Gasteiger partial charge in [0.2, 0.25) is 5.91 Å². The Morgan fingerprint density at radius 3 is 2.31 bits per heavy atom. The lowest BCUT2D eigenvalue weighted by Gasteiger charge is -2.13. The number of carbonyl (C=O) groups excluding carboxylic acids is 1. The first-order valence-corrected chi connectivity index (χ1v) is 9.72. The van der Waals surface area contributed by atoms with Gasteiger partial charge in [0.15, 0.2) is 11.5 Å². The number of methoxy groups -OCH3 is 2. The van der Waals surface area contributed by atoms with E-state index in [1.54, 1.807) is 14.2 Å². The van der Waals surface area contributed by atoms with Crippen LogP contribution in [0.25, 0.3) is 10.9 Å². The molecule has 7 heteroatoms. The third-order valence-electron chi connectivity index (χ3n) is 5.28.